The van der Waals surface area contributed by atoms with Crippen molar-refractivity contribution in [2.45, 2.75) is 19.8 Å². The zero-order chi connectivity index (χ0) is 21.5. The number of nitrogens with one attached hydrogen (secondary N) is 1. The van der Waals surface area contributed by atoms with Crippen LogP contribution in [0.15, 0.2) is 53.9 Å². The van der Waals surface area contributed by atoms with Gasteiger partial charge in [-0.3, -0.25) is 14.4 Å². The van der Waals surface area contributed by atoms with E-state index in [1.54, 1.807) is 47.7 Å². The van der Waals surface area contributed by atoms with E-state index < -0.39 is 18.5 Å². The first-order valence-electron chi connectivity index (χ1n) is 9.17. The number of anilines is 1. The van der Waals surface area contributed by atoms with Gasteiger partial charge in [0.05, 0.1) is 17.1 Å². The number of amides is 1. The van der Waals surface area contributed by atoms with Crippen molar-refractivity contribution >= 4 is 46.3 Å². The zero-order valence-electron chi connectivity index (χ0n) is 16.2. The van der Waals surface area contributed by atoms with Crippen molar-refractivity contribution in [3.05, 3.63) is 69.5 Å². The van der Waals surface area contributed by atoms with Crippen LogP contribution in [-0.4, -0.2) is 29.3 Å². The summed E-state index contributed by atoms with van der Waals surface area (Å²) >= 11 is 7.34. The van der Waals surface area contributed by atoms with Crippen LogP contribution in [0.4, 0.5) is 5.69 Å². The van der Waals surface area contributed by atoms with Crippen molar-refractivity contribution in [3.63, 3.8) is 0 Å². The number of hydrogen-bond donors (Lipinski definition) is 1. The fraction of sp³-hybridized carbons (Fsp3) is 0.182. The van der Waals surface area contributed by atoms with E-state index >= 15 is 0 Å². The molecule has 30 heavy (non-hydrogen) atoms. The molecule has 0 unspecified atom stereocenters. The zero-order valence-corrected chi connectivity index (χ0v) is 17.8. The van der Waals surface area contributed by atoms with Gasteiger partial charge in [0.15, 0.2) is 12.4 Å². The SMILES string of the molecule is Cc1nc(-c2cccc(NC(=O)COC(=O)CCC(=O)c3ccc(Cl)cc3)c2)cs1. The highest BCUT2D eigenvalue weighted by atomic mass is 35.5. The number of ether oxygens (including phenoxy) is 1. The summed E-state index contributed by atoms with van der Waals surface area (Å²) in [5, 5.41) is 6.13. The largest absolute Gasteiger partial charge is 0.456 e. The third kappa shape index (κ3) is 6.23. The van der Waals surface area contributed by atoms with Gasteiger partial charge in [-0.2, -0.15) is 0 Å². The number of rotatable bonds is 8. The Bertz CT molecular complexity index is 1060. The molecule has 0 saturated carbocycles. The molecule has 8 heteroatoms. The lowest BCUT2D eigenvalue weighted by Gasteiger charge is -2.08. The average molecular weight is 443 g/mol. The molecule has 0 bridgehead atoms. The number of benzene rings is 2. The average Bonchev–Trinajstić information content (AvgIpc) is 3.17. The van der Waals surface area contributed by atoms with Crippen LogP contribution in [0.1, 0.15) is 28.2 Å². The lowest BCUT2D eigenvalue weighted by Crippen LogP contribution is -2.21. The molecule has 0 atom stereocenters. The molecule has 0 aliphatic heterocycles. The standard InChI is InChI=1S/C22H19ClN2O4S/c1-14-24-19(13-30-14)16-3-2-4-18(11-16)25-21(27)12-29-22(28)10-9-20(26)15-5-7-17(23)8-6-15/h2-8,11,13H,9-10,12H2,1H3,(H,25,27). The Morgan fingerprint density at radius 1 is 1.10 bits per heavy atom. The van der Waals surface area contributed by atoms with Crippen LogP contribution < -0.4 is 5.32 Å². The predicted molar refractivity (Wildman–Crippen MR) is 117 cm³/mol. The smallest absolute Gasteiger partial charge is 0.306 e. The number of aryl methyl sites for hydroxylation is 1. The first-order chi connectivity index (χ1) is 14.4. The number of ketones is 1. The summed E-state index contributed by atoms with van der Waals surface area (Å²) in [7, 11) is 0. The van der Waals surface area contributed by atoms with Crippen LogP contribution in [0.25, 0.3) is 11.3 Å². The van der Waals surface area contributed by atoms with E-state index in [-0.39, 0.29) is 18.6 Å². The Morgan fingerprint density at radius 2 is 1.87 bits per heavy atom. The number of thiazole rings is 1. The second-order valence-corrected chi connectivity index (χ2v) is 7.97. The number of halogens is 1. The predicted octanol–water partition coefficient (Wildman–Crippen LogP) is 4.92. The van der Waals surface area contributed by atoms with E-state index in [4.69, 9.17) is 16.3 Å². The molecule has 0 saturated heterocycles. The summed E-state index contributed by atoms with van der Waals surface area (Å²) in [5.74, 6) is -1.26. The molecule has 2 aromatic carbocycles. The molecule has 0 radical (unpaired) electrons. The van der Waals surface area contributed by atoms with Crippen molar-refractivity contribution in [1.29, 1.82) is 0 Å². The van der Waals surface area contributed by atoms with Gasteiger partial charge in [-0.1, -0.05) is 23.7 Å². The lowest BCUT2D eigenvalue weighted by atomic mass is 10.1. The first-order valence-corrected chi connectivity index (χ1v) is 10.4. The number of hydrogen-bond acceptors (Lipinski definition) is 6. The molecule has 6 nitrogen and oxygen atoms in total. The Balaban J connectivity index is 1.44. The fourth-order valence-corrected chi connectivity index (χ4v) is 3.41. The third-order valence-electron chi connectivity index (χ3n) is 4.15. The van der Waals surface area contributed by atoms with Crippen LogP contribution in [0.2, 0.25) is 5.02 Å². The molecular weight excluding hydrogens is 424 g/mol. The summed E-state index contributed by atoms with van der Waals surface area (Å²) in [4.78, 5) is 40.4. The minimum Gasteiger partial charge on any atom is -0.456 e. The molecule has 0 aliphatic rings. The third-order valence-corrected chi connectivity index (χ3v) is 5.17. The molecule has 1 amide bonds. The summed E-state index contributed by atoms with van der Waals surface area (Å²) in [6.07, 6.45) is -0.107. The van der Waals surface area contributed by atoms with Crippen LogP contribution >= 0.6 is 22.9 Å². The summed E-state index contributed by atoms with van der Waals surface area (Å²) in [5.41, 5.74) is 2.78. The summed E-state index contributed by atoms with van der Waals surface area (Å²) in [6, 6.07) is 13.7. The lowest BCUT2D eigenvalue weighted by molar-refractivity contribution is -0.147. The maximum absolute atomic E-state index is 12.1. The number of aromatic nitrogens is 1. The van der Waals surface area contributed by atoms with Crippen LogP contribution in [0.5, 0.6) is 0 Å². The molecule has 3 aromatic rings. The molecule has 0 aliphatic carbocycles. The molecule has 154 valence electrons. The van der Waals surface area contributed by atoms with E-state index in [0.717, 1.165) is 16.3 Å². The van der Waals surface area contributed by atoms with E-state index in [9.17, 15) is 14.4 Å². The van der Waals surface area contributed by atoms with Gasteiger partial charge in [-0.05, 0) is 43.3 Å². The maximum Gasteiger partial charge on any atom is 0.306 e. The van der Waals surface area contributed by atoms with Gasteiger partial charge in [0.25, 0.3) is 5.91 Å². The number of nitrogens with zero attached hydrogens (tertiary/aromatic N) is 1. The van der Waals surface area contributed by atoms with Crippen molar-refractivity contribution < 1.29 is 19.1 Å². The molecule has 3 rings (SSSR count). The van der Waals surface area contributed by atoms with Gasteiger partial charge >= 0.3 is 5.97 Å². The van der Waals surface area contributed by atoms with Crippen molar-refractivity contribution in [1.82, 2.24) is 4.98 Å². The van der Waals surface area contributed by atoms with Crippen molar-refractivity contribution in [2.75, 3.05) is 11.9 Å². The van der Waals surface area contributed by atoms with E-state index in [2.05, 4.69) is 10.3 Å². The minimum atomic E-state index is -0.612. The first kappa shape index (κ1) is 21.7. The normalized spacial score (nSPS) is 10.5. The Kier molecular flexibility index (Phi) is 7.32. The topological polar surface area (TPSA) is 85.4 Å². The van der Waals surface area contributed by atoms with Gasteiger partial charge < -0.3 is 10.1 Å². The van der Waals surface area contributed by atoms with E-state index in [0.29, 0.717) is 16.3 Å². The van der Waals surface area contributed by atoms with Gasteiger partial charge in [0.1, 0.15) is 0 Å². The number of Topliss-reactive ketones (excluding diaryl/α,β-unsaturated/α-hetero) is 1. The number of carbonyl (C=O) groups is 3. The molecule has 1 N–H and O–H groups in total. The Hall–Kier alpha value is -3.03. The highest BCUT2D eigenvalue weighted by Crippen LogP contribution is 2.24. The minimum absolute atomic E-state index is 0.00279. The summed E-state index contributed by atoms with van der Waals surface area (Å²) in [6.45, 7) is 1.51. The Morgan fingerprint density at radius 3 is 2.57 bits per heavy atom. The molecule has 0 fully saturated rings. The quantitative estimate of drug-likeness (QED) is 0.395. The van der Waals surface area contributed by atoms with E-state index in [1.165, 1.54) is 0 Å². The number of carbonyl (C=O) groups excluding carboxylic acids is 3. The molecule has 1 heterocycles. The molecular formula is C22H19ClN2O4S. The fourth-order valence-electron chi connectivity index (χ4n) is 2.66. The molecule has 0 spiro atoms. The number of esters is 1. The summed E-state index contributed by atoms with van der Waals surface area (Å²) < 4.78 is 4.96. The van der Waals surface area contributed by atoms with Gasteiger partial charge in [-0.15, -0.1) is 11.3 Å². The monoisotopic (exact) mass is 442 g/mol. The van der Waals surface area contributed by atoms with Crippen LogP contribution in [0, 0.1) is 6.92 Å². The van der Waals surface area contributed by atoms with Gasteiger partial charge in [0, 0.05) is 33.6 Å². The Labute approximate surface area is 182 Å². The maximum atomic E-state index is 12.1. The highest BCUT2D eigenvalue weighted by Gasteiger charge is 2.12. The van der Waals surface area contributed by atoms with Gasteiger partial charge in [-0.25, -0.2) is 4.98 Å². The highest BCUT2D eigenvalue weighted by molar-refractivity contribution is 7.09. The van der Waals surface area contributed by atoms with Crippen molar-refractivity contribution in [3.8, 4) is 11.3 Å². The van der Waals surface area contributed by atoms with Crippen molar-refractivity contribution in [2.24, 2.45) is 0 Å². The van der Waals surface area contributed by atoms with E-state index in [1.807, 2.05) is 24.4 Å². The van der Waals surface area contributed by atoms with Crippen LogP contribution in [-0.2, 0) is 14.3 Å². The van der Waals surface area contributed by atoms with Crippen LogP contribution in [0.3, 0.4) is 0 Å². The molecule has 1 aromatic heterocycles. The second kappa shape index (κ2) is 10.1. The second-order valence-electron chi connectivity index (χ2n) is 6.47. The van der Waals surface area contributed by atoms with Gasteiger partial charge in [0.2, 0.25) is 0 Å².